The van der Waals surface area contributed by atoms with Crippen LogP contribution in [0.15, 0.2) is 84.9 Å². The molecule has 0 aliphatic heterocycles. The predicted molar refractivity (Wildman–Crippen MR) is 150 cm³/mol. The van der Waals surface area contributed by atoms with Crippen molar-refractivity contribution in [2.75, 3.05) is 17.7 Å². The van der Waals surface area contributed by atoms with E-state index in [0.717, 1.165) is 5.56 Å². The van der Waals surface area contributed by atoms with Crippen molar-refractivity contribution in [1.29, 1.82) is 0 Å². The van der Waals surface area contributed by atoms with Gasteiger partial charge in [-0.05, 0) is 65.1 Å². The highest BCUT2D eigenvalue weighted by atomic mass is 35.5. The summed E-state index contributed by atoms with van der Waals surface area (Å²) >= 11 is 6.20. The highest BCUT2D eigenvalue weighted by Gasteiger charge is 2.17. The van der Waals surface area contributed by atoms with Gasteiger partial charge in [-0.15, -0.1) is 0 Å². The molecule has 2 amide bonds. The second-order valence-corrected chi connectivity index (χ2v) is 9.19. The Bertz CT molecular complexity index is 1490. The first-order valence-electron chi connectivity index (χ1n) is 11.9. The maximum atomic E-state index is 13.0. The fourth-order valence-corrected chi connectivity index (χ4v) is 4.14. The Morgan fingerprint density at radius 2 is 1.42 bits per heavy atom. The average Bonchev–Trinajstić information content (AvgIpc) is 2.90. The fraction of sp³-hybridized carbons (Fsp3) is 0.133. The lowest BCUT2D eigenvalue weighted by atomic mass is 10.0. The SMILES string of the molecule is COc1ccc(-c2ccc(Oc3ccccc3C(C)C)c(NC(=O)Nc3ccccc3Cl)c2)cc1C(=O)O. The number of urea groups is 1. The summed E-state index contributed by atoms with van der Waals surface area (Å²) in [5.41, 5.74) is 3.20. The summed E-state index contributed by atoms with van der Waals surface area (Å²) in [5.74, 6) is 0.458. The van der Waals surface area contributed by atoms with Crippen molar-refractivity contribution >= 4 is 35.0 Å². The van der Waals surface area contributed by atoms with E-state index in [9.17, 15) is 14.7 Å². The Labute approximate surface area is 226 Å². The van der Waals surface area contributed by atoms with Gasteiger partial charge in [0.25, 0.3) is 0 Å². The molecule has 0 aromatic heterocycles. The van der Waals surface area contributed by atoms with E-state index in [1.165, 1.54) is 13.2 Å². The van der Waals surface area contributed by atoms with Crippen molar-refractivity contribution in [2.45, 2.75) is 19.8 Å². The van der Waals surface area contributed by atoms with Gasteiger partial charge in [-0.1, -0.05) is 67.9 Å². The van der Waals surface area contributed by atoms with Crippen LogP contribution in [0.4, 0.5) is 16.2 Å². The highest BCUT2D eigenvalue weighted by molar-refractivity contribution is 6.33. The van der Waals surface area contributed by atoms with Gasteiger partial charge >= 0.3 is 12.0 Å². The summed E-state index contributed by atoms with van der Waals surface area (Å²) in [6.07, 6.45) is 0. The van der Waals surface area contributed by atoms with Crippen LogP contribution < -0.4 is 20.1 Å². The molecule has 8 heteroatoms. The van der Waals surface area contributed by atoms with Crippen molar-refractivity contribution < 1.29 is 24.2 Å². The molecule has 4 aromatic rings. The molecule has 7 nitrogen and oxygen atoms in total. The zero-order valence-electron chi connectivity index (χ0n) is 21.1. The quantitative estimate of drug-likeness (QED) is 0.213. The molecule has 0 saturated heterocycles. The lowest BCUT2D eigenvalue weighted by Gasteiger charge is -2.18. The molecule has 3 N–H and O–H groups in total. The zero-order valence-corrected chi connectivity index (χ0v) is 21.9. The first-order valence-corrected chi connectivity index (χ1v) is 12.3. The highest BCUT2D eigenvalue weighted by Crippen LogP contribution is 2.38. The number of carboxylic acid groups (broad SMARTS) is 1. The number of carbonyl (C=O) groups is 2. The number of nitrogens with one attached hydrogen (secondary N) is 2. The summed E-state index contributed by atoms with van der Waals surface area (Å²) in [6, 6.07) is 24.2. The van der Waals surface area contributed by atoms with Gasteiger partial charge < -0.3 is 25.2 Å². The number of benzene rings is 4. The summed E-state index contributed by atoms with van der Waals surface area (Å²) in [4.78, 5) is 24.7. The molecular weight excluding hydrogens is 504 g/mol. The summed E-state index contributed by atoms with van der Waals surface area (Å²) in [6.45, 7) is 4.15. The molecule has 0 unspecified atom stereocenters. The molecule has 4 rings (SSSR count). The maximum absolute atomic E-state index is 13.0. The number of rotatable bonds is 8. The Morgan fingerprint density at radius 1 is 0.789 bits per heavy atom. The predicted octanol–water partition coefficient (Wildman–Crippen LogP) is 8.27. The molecule has 194 valence electrons. The second kappa shape index (κ2) is 11.7. The Kier molecular flexibility index (Phi) is 8.19. The van der Waals surface area contributed by atoms with Crippen molar-refractivity contribution in [2.24, 2.45) is 0 Å². The molecule has 0 spiro atoms. The number of para-hydroxylation sites is 2. The maximum Gasteiger partial charge on any atom is 0.339 e. The minimum atomic E-state index is -1.11. The van der Waals surface area contributed by atoms with E-state index in [0.29, 0.717) is 39.0 Å². The molecule has 0 aliphatic rings. The Hall–Kier alpha value is -4.49. The van der Waals surface area contributed by atoms with Gasteiger partial charge in [-0.3, -0.25) is 0 Å². The molecule has 38 heavy (non-hydrogen) atoms. The number of anilines is 2. The van der Waals surface area contributed by atoms with Gasteiger partial charge in [-0.25, -0.2) is 9.59 Å². The van der Waals surface area contributed by atoms with Crippen LogP contribution in [0, 0.1) is 0 Å². The van der Waals surface area contributed by atoms with Gasteiger partial charge in [-0.2, -0.15) is 0 Å². The van der Waals surface area contributed by atoms with E-state index in [4.69, 9.17) is 21.1 Å². The molecule has 0 saturated carbocycles. The van der Waals surface area contributed by atoms with E-state index in [2.05, 4.69) is 24.5 Å². The fourth-order valence-electron chi connectivity index (χ4n) is 3.96. The third-order valence-corrected chi connectivity index (χ3v) is 6.20. The standard InChI is InChI=1S/C30H27ClN2O5/c1-18(2)21-8-4-7-11-27(21)38-28-15-13-20(19-12-14-26(37-3)22(16-19)29(34)35)17-25(28)33-30(36)32-24-10-6-5-9-23(24)31/h4-18H,1-3H3,(H,34,35)(H2,32,33,36). The molecule has 4 aromatic carbocycles. The van der Waals surface area contributed by atoms with Gasteiger partial charge in [0.2, 0.25) is 0 Å². The van der Waals surface area contributed by atoms with E-state index < -0.39 is 12.0 Å². The van der Waals surface area contributed by atoms with Gasteiger partial charge in [0.15, 0.2) is 5.75 Å². The zero-order chi connectivity index (χ0) is 27.2. The third-order valence-electron chi connectivity index (χ3n) is 5.87. The molecule has 0 aliphatic carbocycles. The van der Waals surface area contributed by atoms with E-state index >= 15 is 0 Å². The number of ether oxygens (including phenoxy) is 2. The Balaban J connectivity index is 1.74. The number of halogens is 1. The lowest BCUT2D eigenvalue weighted by Crippen LogP contribution is -2.20. The number of methoxy groups -OCH3 is 1. The summed E-state index contributed by atoms with van der Waals surface area (Å²) < 4.78 is 11.5. The van der Waals surface area contributed by atoms with Crippen LogP contribution in [0.3, 0.4) is 0 Å². The first-order chi connectivity index (χ1) is 18.3. The molecule has 0 atom stereocenters. The summed E-state index contributed by atoms with van der Waals surface area (Å²) in [7, 11) is 1.42. The molecule has 0 bridgehead atoms. The molecular formula is C30H27ClN2O5. The van der Waals surface area contributed by atoms with Crippen LogP contribution in [-0.4, -0.2) is 24.2 Å². The van der Waals surface area contributed by atoms with Crippen LogP contribution in [-0.2, 0) is 0 Å². The van der Waals surface area contributed by atoms with Crippen molar-refractivity contribution in [3.63, 3.8) is 0 Å². The normalized spacial score (nSPS) is 10.7. The van der Waals surface area contributed by atoms with Crippen molar-refractivity contribution in [3.8, 4) is 28.4 Å². The minimum Gasteiger partial charge on any atom is -0.496 e. The number of hydrogen-bond acceptors (Lipinski definition) is 4. The average molecular weight is 531 g/mol. The van der Waals surface area contributed by atoms with Crippen molar-refractivity contribution in [3.05, 3.63) is 101 Å². The van der Waals surface area contributed by atoms with Crippen LogP contribution in [0.5, 0.6) is 17.2 Å². The lowest BCUT2D eigenvalue weighted by molar-refractivity contribution is 0.0693. The van der Waals surface area contributed by atoms with Crippen LogP contribution in [0.2, 0.25) is 5.02 Å². The summed E-state index contributed by atoms with van der Waals surface area (Å²) in [5, 5.41) is 15.6. The number of amides is 2. The largest absolute Gasteiger partial charge is 0.496 e. The van der Waals surface area contributed by atoms with Crippen molar-refractivity contribution in [1.82, 2.24) is 0 Å². The third kappa shape index (κ3) is 6.07. The van der Waals surface area contributed by atoms with Crippen LogP contribution >= 0.6 is 11.6 Å². The number of hydrogen-bond donors (Lipinski definition) is 3. The number of carbonyl (C=O) groups excluding carboxylic acids is 1. The van der Waals surface area contributed by atoms with Crippen LogP contribution in [0.1, 0.15) is 35.7 Å². The van der Waals surface area contributed by atoms with Gasteiger partial charge in [0, 0.05) is 0 Å². The first kappa shape index (κ1) is 26.6. The monoisotopic (exact) mass is 530 g/mol. The minimum absolute atomic E-state index is 0.0298. The van der Waals surface area contributed by atoms with E-state index in [1.807, 2.05) is 24.3 Å². The van der Waals surface area contributed by atoms with Gasteiger partial charge in [0.05, 0.1) is 23.5 Å². The van der Waals surface area contributed by atoms with Gasteiger partial charge in [0.1, 0.15) is 17.1 Å². The number of aromatic carboxylic acids is 1. The van der Waals surface area contributed by atoms with E-state index in [-0.39, 0.29) is 17.2 Å². The Morgan fingerprint density at radius 3 is 2.11 bits per heavy atom. The van der Waals surface area contributed by atoms with E-state index in [1.54, 1.807) is 54.6 Å². The topological polar surface area (TPSA) is 96.9 Å². The molecule has 0 heterocycles. The van der Waals surface area contributed by atoms with Crippen LogP contribution in [0.25, 0.3) is 11.1 Å². The molecule has 0 radical (unpaired) electrons. The smallest absolute Gasteiger partial charge is 0.339 e. The molecule has 0 fully saturated rings. The second-order valence-electron chi connectivity index (χ2n) is 8.78. The number of carboxylic acids is 1.